The number of amides is 2. The molecule has 4 heterocycles. The van der Waals surface area contributed by atoms with Crippen LogP contribution in [-0.4, -0.2) is 95.4 Å². The molecule has 11 heteroatoms. The van der Waals surface area contributed by atoms with Crippen molar-refractivity contribution in [2.24, 2.45) is 0 Å². The highest BCUT2D eigenvalue weighted by Gasteiger charge is 2.26. The van der Waals surface area contributed by atoms with Gasteiger partial charge in [0.15, 0.2) is 11.5 Å². The highest BCUT2D eigenvalue weighted by Crippen LogP contribution is 2.32. The van der Waals surface area contributed by atoms with E-state index in [1.165, 1.54) is 0 Å². The monoisotopic (exact) mass is 508 g/mol. The summed E-state index contributed by atoms with van der Waals surface area (Å²) in [6.07, 6.45) is 5.83. The van der Waals surface area contributed by atoms with E-state index in [1.807, 2.05) is 30.5 Å². The lowest BCUT2D eigenvalue weighted by atomic mass is 10.0. The van der Waals surface area contributed by atoms with Crippen molar-refractivity contribution in [3.8, 4) is 11.4 Å². The van der Waals surface area contributed by atoms with E-state index in [2.05, 4.69) is 25.1 Å². The number of fused-ring (bicyclic) bond motifs is 1. The molecule has 3 N–H and O–H groups in total. The Morgan fingerprint density at radius 3 is 2.54 bits per heavy atom. The van der Waals surface area contributed by atoms with Crippen molar-refractivity contribution in [3.63, 3.8) is 0 Å². The maximum Gasteiger partial charge on any atom is 0.318 e. The van der Waals surface area contributed by atoms with Gasteiger partial charge in [-0.2, -0.15) is 5.10 Å². The van der Waals surface area contributed by atoms with E-state index >= 15 is 0 Å². The number of hydrogen-bond donors (Lipinski definition) is 3. The molecule has 5 rings (SSSR count). The molecule has 2 aliphatic heterocycles. The molecule has 3 aromatic rings. The topological polar surface area (TPSA) is 121 Å². The average molecular weight is 509 g/mol. The Morgan fingerprint density at radius 1 is 1.08 bits per heavy atom. The lowest BCUT2D eigenvalue weighted by Gasteiger charge is -2.32. The third kappa shape index (κ3) is 5.84. The van der Waals surface area contributed by atoms with Crippen molar-refractivity contribution in [2.75, 3.05) is 69.8 Å². The van der Waals surface area contributed by atoms with Crippen LogP contribution in [0.3, 0.4) is 0 Å². The molecule has 0 bridgehead atoms. The van der Waals surface area contributed by atoms with Crippen LogP contribution in [0.25, 0.3) is 22.4 Å². The molecule has 0 radical (unpaired) electrons. The van der Waals surface area contributed by atoms with E-state index < -0.39 is 0 Å². The number of nitrogens with one attached hydrogen (secondary N) is 2. The largest absolute Gasteiger partial charge is 0.396 e. The molecule has 2 aliphatic rings. The molecule has 0 aliphatic carbocycles. The number of aliphatic hydroxyl groups excluding tert-OH is 1. The molecule has 0 atom stereocenters. The summed E-state index contributed by atoms with van der Waals surface area (Å²) in [4.78, 5) is 26.4. The van der Waals surface area contributed by atoms with Gasteiger partial charge >= 0.3 is 6.03 Å². The second-order valence-corrected chi connectivity index (χ2v) is 9.58. The number of morpholine rings is 1. The number of aliphatic hydroxyl groups is 1. The molecular weight excluding hydrogens is 472 g/mol. The fourth-order valence-electron chi connectivity index (χ4n) is 5.05. The summed E-state index contributed by atoms with van der Waals surface area (Å²) in [5.41, 5.74) is 2.44. The molecule has 2 fully saturated rings. The van der Waals surface area contributed by atoms with E-state index in [1.54, 1.807) is 7.05 Å². The molecule has 0 unspecified atom stereocenters. The van der Waals surface area contributed by atoms with Gasteiger partial charge in [0.2, 0.25) is 0 Å². The summed E-state index contributed by atoms with van der Waals surface area (Å²) in [6, 6.07) is 7.60. The fourth-order valence-corrected chi connectivity index (χ4v) is 5.05. The zero-order chi connectivity index (χ0) is 25.6. The molecule has 11 nitrogen and oxygen atoms in total. The Labute approximate surface area is 216 Å². The van der Waals surface area contributed by atoms with Crippen molar-refractivity contribution in [1.29, 1.82) is 0 Å². The van der Waals surface area contributed by atoms with Gasteiger partial charge in [-0.15, -0.1) is 0 Å². The number of anilines is 2. The van der Waals surface area contributed by atoms with Crippen molar-refractivity contribution < 1.29 is 14.6 Å². The Balaban J connectivity index is 1.44. The molecule has 0 spiro atoms. The second kappa shape index (κ2) is 11.8. The number of ether oxygens (including phenoxy) is 1. The molecule has 1 aromatic carbocycles. The summed E-state index contributed by atoms with van der Waals surface area (Å²) in [5.74, 6) is 1.53. The van der Waals surface area contributed by atoms with Crippen molar-refractivity contribution >= 4 is 28.6 Å². The normalized spacial score (nSPS) is 17.3. The highest BCUT2D eigenvalue weighted by atomic mass is 16.5. The van der Waals surface area contributed by atoms with Gasteiger partial charge in [0.05, 0.1) is 30.8 Å². The first kappa shape index (κ1) is 25.4. The van der Waals surface area contributed by atoms with Crippen LogP contribution in [0.4, 0.5) is 16.3 Å². The highest BCUT2D eigenvalue weighted by molar-refractivity contribution is 5.90. The summed E-state index contributed by atoms with van der Waals surface area (Å²) in [5, 5.41) is 20.2. The van der Waals surface area contributed by atoms with Crippen LogP contribution >= 0.6 is 0 Å². The Kier molecular flexibility index (Phi) is 8.12. The minimum Gasteiger partial charge on any atom is -0.396 e. The molecule has 2 aromatic heterocycles. The number of benzene rings is 1. The maximum absolute atomic E-state index is 11.7. The molecule has 198 valence electrons. The van der Waals surface area contributed by atoms with E-state index in [0.29, 0.717) is 24.7 Å². The zero-order valence-electron chi connectivity index (χ0n) is 21.4. The smallest absolute Gasteiger partial charge is 0.318 e. The van der Waals surface area contributed by atoms with E-state index in [4.69, 9.17) is 24.9 Å². The van der Waals surface area contributed by atoms with Gasteiger partial charge in [0, 0.05) is 51.1 Å². The zero-order valence-corrected chi connectivity index (χ0v) is 21.4. The first-order valence-electron chi connectivity index (χ1n) is 13.2. The van der Waals surface area contributed by atoms with Crippen LogP contribution in [0, 0.1) is 0 Å². The molecule has 2 saturated heterocycles. The number of nitrogens with zero attached hydrogens (tertiary/aromatic N) is 6. The van der Waals surface area contributed by atoms with Gasteiger partial charge in [-0.3, -0.25) is 0 Å². The lowest BCUT2D eigenvalue weighted by Crippen LogP contribution is -2.37. The third-order valence-corrected chi connectivity index (χ3v) is 7.16. The number of urea groups is 1. The molecular formula is C26H36N8O3. The minimum atomic E-state index is -0.261. The SMILES string of the molecule is CNC(=O)Nc1ccc(-c2nc(N3CCOCC3)c3cnn(C4CCN(CCCCO)CC4)c3n2)cc1. The van der Waals surface area contributed by atoms with Gasteiger partial charge in [-0.1, -0.05) is 0 Å². The van der Waals surface area contributed by atoms with Crippen LogP contribution in [0.15, 0.2) is 30.5 Å². The Hall–Kier alpha value is -3.28. The van der Waals surface area contributed by atoms with Crippen LogP contribution < -0.4 is 15.5 Å². The summed E-state index contributed by atoms with van der Waals surface area (Å²) in [6.45, 7) is 6.22. The Morgan fingerprint density at radius 2 is 1.84 bits per heavy atom. The summed E-state index contributed by atoms with van der Waals surface area (Å²) >= 11 is 0. The van der Waals surface area contributed by atoms with Crippen LogP contribution in [0.1, 0.15) is 31.7 Å². The minimum absolute atomic E-state index is 0.260. The molecule has 0 saturated carbocycles. The average Bonchev–Trinajstić information content (AvgIpc) is 3.38. The van der Waals surface area contributed by atoms with Gasteiger partial charge in [0.25, 0.3) is 0 Å². The predicted octanol–water partition coefficient (Wildman–Crippen LogP) is 2.49. The number of hydrogen-bond acceptors (Lipinski definition) is 8. The molecule has 2 amide bonds. The number of piperidine rings is 1. The number of unbranched alkanes of at least 4 members (excludes halogenated alkanes) is 1. The van der Waals surface area contributed by atoms with Gasteiger partial charge in [0.1, 0.15) is 5.82 Å². The van der Waals surface area contributed by atoms with Crippen molar-refractivity contribution in [1.82, 2.24) is 30.0 Å². The van der Waals surface area contributed by atoms with Crippen LogP contribution in [0.5, 0.6) is 0 Å². The van der Waals surface area contributed by atoms with Gasteiger partial charge in [-0.25, -0.2) is 19.4 Å². The lowest BCUT2D eigenvalue weighted by molar-refractivity contribution is 0.122. The quantitative estimate of drug-likeness (QED) is 0.397. The summed E-state index contributed by atoms with van der Waals surface area (Å²) in [7, 11) is 1.59. The predicted molar refractivity (Wildman–Crippen MR) is 143 cm³/mol. The number of carbonyl (C=O) groups excluding carboxylic acids is 1. The number of likely N-dealkylation sites (tertiary alicyclic amines) is 1. The third-order valence-electron chi connectivity index (χ3n) is 7.16. The van der Waals surface area contributed by atoms with Crippen molar-refractivity contribution in [2.45, 2.75) is 31.7 Å². The first-order valence-corrected chi connectivity index (χ1v) is 13.2. The second-order valence-electron chi connectivity index (χ2n) is 9.58. The fraction of sp³-hybridized carbons (Fsp3) is 0.538. The van der Waals surface area contributed by atoms with E-state index in [9.17, 15) is 4.79 Å². The van der Waals surface area contributed by atoms with Crippen LogP contribution in [0.2, 0.25) is 0 Å². The van der Waals surface area contributed by atoms with Crippen LogP contribution in [-0.2, 0) is 4.74 Å². The summed E-state index contributed by atoms with van der Waals surface area (Å²) < 4.78 is 7.68. The number of rotatable bonds is 8. The van der Waals surface area contributed by atoms with E-state index in [-0.39, 0.29) is 18.7 Å². The van der Waals surface area contributed by atoms with E-state index in [0.717, 1.165) is 80.8 Å². The van der Waals surface area contributed by atoms with Gasteiger partial charge < -0.3 is 30.3 Å². The molecule has 37 heavy (non-hydrogen) atoms. The van der Waals surface area contributed by atoms with Gasteiger partial charge in [-0.05, 0) is 56.5 Å². The first-order chi connectivity index (χ1) is 18.2. The number of aromatic nitrogens is 4. The standard InChI is InChI=1S/C26H36N8O3/c1-27-26(36)29-20-6-4-19(5-7-20)23-30-24(33-13-16-37-17-14-33)22-18-28-34(25(22)31-23)21-8-11-32(12-9-21)10-2-3-15-35/h4-7,18,21,35H,2-3,8-17H2,1H3,(H2,27,29,36). The van der Waals surface area contributed by atoms with Crippen molar-refractivity contribution in [3.05, 3.63) is 30.5 Å². The number of carbonyl (C=O) groups is 1. The maximum atomic E-state index is 11.7. The Bertz CT molecular complexity index is 1180.